The van der Waals surface area contributed by atoms with Gasteiger partial charge in [0.1, 0.15) is 5.75 Å². The van der Waals surface area contributed by atoms with Gasteiger partial charge in [-0.25, -0.2) is 0 Å². The molecule has 0 radical (unpaired) electrons. The highest BCUT2D eigenvalue weighted by molar-refractivity contribution is 5.79. The summed E-state index contributed by atoms with van der Waals surface area (Å²) in [5.41, 5.74) is 1.00. The zero-order chi connectivity index (χ0) is 15.7. The Balaban J connectivity index is 2.65. The molecule has 1 aromatic rings. The van der Waals surface area contributed by atoms with E-state index in [2.05, 4.69) is 22.0 Å². The van der Waals surface area contributed by atoms with Crippen molar-refractivity contribution in [3.05, 3.63) is 29.8 Å². The minimum atomic E-state index is -2.79. The molecule has 4 nitrogen and oxygen atoms in total. The van der Waals surface area contributed by atoms with Crippen LogP contribution in [-0.4, -0.2) is 37.6 Å². The molecule has 0 aliphatic heterocycles. The van der Waals surface area contributed by atoms with Gasteiger partial charge < -0.3 is 15.0 Å². The SMILES string of the molecule is CCCN=C(NCC)N(C)Cc1ccc(OC(F)F)cc1. The van der Waals surface area contributed by atoms with Gasteiger partial charge in [-0.3, -0.25) is 4.99 Å². The van der Waals surface area contributed by atoms with Crippen LogP contribution >= 0.6 is 0 Å². The highest BCUT2D eigenvalue weighted by Gasteiger charge is 2.07. The van der Waals surface area contributed by atoms with Crippen LogP contribution in [0, 0.1) is 0 Å². The second-order valence-corrected chi connectivity index (χ2v) is 4.61. The Hall–Kier alpha value is -1.85. The van der Waals surface area contributed by atoms with Crippen LogP contribution in [0.3, 0.4) is 0 Å². The summed E-state index contributed by atoms with van der Waals surface area (Å²) in [7, 11) is 1.95. The van der Waals surface area contributed by atoms with Crippen molar-refractivity contribution < 1.29 is 13.5 Å². The van der Waals surface area contributed by atoms with Gasteiger partial charge in [0.15, 0.2) is 5.96 Å². The number of nitrogens with zero attached hydrogens (tertiary/aromatic N) is 2. The molecule has 0 saturated heterocycles. The number of alkyl halides is 2. The first kappa shape index (κ1) is 17.2. The standard InChI is InChI=1S/C15H23F2N3O/c1-4-10-19-15(18-5-2)20(3)11-12-6-8-13(9-7-12)21-14(16)17/h6-9,14H,4-5,10-11H2,1-3H3,(H,18,19). The molecule has 1 rings (SSSR count). The van der Waals surface area contributed by atoms with Crippen molar-refractivity contribution in [2.75, 3.05) is 20.1 Å². The smallest absolute Gasteiger partial charge is 0.387 e. The number of rotatable bonds is 7. The molecule has 0 fully saturated rings. The Kier molecular flexibility index (Phi) is 7.50. The van der Waals surface area contributed by atoms with Crippen molar-refractivity contribution in [1.29, 1.82) is 0 Å². The fourth-order valence-corrected chi connectivity index (χ4v) is 1.81. The molecule has 0 aliphatic carbocycles. The summed E-state index contributed by atoms with van der Waals surface area (Å²) in [4.78, 5) is 6.49. The average Bonchev–Trinajstić information content (AvgIpc) is 2.45. The predicted molar refractivity (Wildman–Crippen MR) is 80.8 cm³/mol. The number of guanidine groups is 1. The van der Waals surface area contributed by atoms with E-state index in [0.29, 0.717) is 6.54 Å². The number of aliphatic imine (C=N–C) groups is 1. The van der Waals surface area contributed by atoms with E-state index >= 15 is 0 Å². The zero-order valence-corrected chi connectivity index (χ0v) is 12.8. The highest BCUT2D eigenvalue weighted by atomic mass is 19.3. The Morgan fingerprint density at radius 3 is 2.48 bits per heavy atom. The summed E-state index contributed by atoms with van der Waals surface area (Å²) in [6, 6.07) is 6.64. The number of benzene rings is 1. The number of hydrogen-bond donors (Lipinski definition) is 1. The lowest BCUT2D eigenvalue weighted by molar-refractivity contribution is -0.0498. The molecule has 0 spiro atoms. The van der Waals surface area contributed by atoms with Crippen LogP contribution in [0.5, 0.6) is 5.75 Å². The fraction of sp³-hybridized carbons (Fsp3) is 0.533. The summed E-state index contributed by atoms with van der Waals surface area (Å²) >= 11 is 0. The lowest BCUT2D eigenvalue weighted by atomic mass is 10.2. The van der Waals surface area contributed by atoms with Crippen LogP contribution in [-0.2, 0) is 6.54 Å². The van der Waals surface area contributed by atoms with Crippen molar-refractivity contribution in [3.63, 3.8) is 0 Å². The Morgan fingerprint density at radius 2 is 1.95 bits per heavy atom. The molecule has 0 heterocycles. The van der Waals surface area contributed by atoms with Gasteiger partial charge in [-0.1, -0.05) is 19.1 Å². The molecule has 1 N–H and O–H groups in total. The molecule has 0 bridgehead atoms. The van der Waals surface area contributed by atoms with Crippen LogP contribution in [0.4, 0.5) is 8.78 Å². The predicted octanol–water partition coefficient (Wildman–Crippen LogP) is 3.10. The number of nitrogens with one attached hydrogen (secondary N) is 1. The maximum absolute atomic E-state index is 12.1. The van der Waals surface area contributed by atoms with E-state index in [1.165, 1.54) is 0 Å². The molecule has 0 aromatic heterocycles. The lowest BCUT2D eigenvalue weighted by Gasteiger charge is -2.22. The first-order valence-electron chi connectivity index (χ1n) is 7.10. The second kappa shape index (κ2) is 9.15. The number of halogens is 2. The van der Waals surface area contributed by atoms with E-state index < -0.39 is 6.61 Å². The molecular formula is C15H23F2N3O. The average molecular weight is 299 g/mol. The van der Waals surface area contributed by atoms with Gasteiger partial charge in [0.05, 0.1) is 0 Å². The summed E-state index contributed by atoms with van der Waals surface area (Å²) in [6.07, 6.45) is 0.988. The van der Waals surface area contributed by atoms with E-state index in [4.69, 9.17) is 0 Å². The summed E-state index contributed by atoms with van der Waals surface area (Å²) in [6.45, 7) is 3.52. The first-order valence-corrected chi connectivity index (χ1v) is 7.10. The van der Waals surface area contributed by atoms with E-state index in [1.54, 1.807) is 24.3 Å². The van der Waals surface area contributed by atoms with Crippen molar-refractivity contribution in [3.8, 4) is 5.75 Å². The molecule has 0 atom stereocenters. The molecule has 0 saturated carbocycles. The third-order valence-corrected chi connectivity index (χ3v) is 2.75. The molecule has 0 unspecified atom stereocenters. The first-order chi connectivity index (χ1) is 10.1. The highest BCUT2D eigenvalue weighted by Crippen LogP contribution is 2.15. The topological polar surface area (TPSA) is 36.9 Å². The van der Waals surface area contributed by atoms with Crippen molar-refractivity contribution in [2.45, 2.75) is 33.4 Å². The molecule has 0 amide bonds. The van der Waals surface area contributed by atoms with Gasteiger partial charge in [-0.15, -0.1) is 0 Å². The minimum absolute atomic E-state index is 0.169. The Labute approximate surface area is 124 Å². The zero-order valence-electron chi connectivity index (χ0n) is 12.8. The molecule has 1 aromatic carbocycles. The number of ether oxygens (including phenoxy) is 1. The van der Waals surface area contributed by atoms with Crippen LogP contribution in [0.1, 0.15) is 25.8 Å². The summed E-state index contributed by atoms with van der Waals surface area (Å²) in [5, 5.41) is 3.23. The second-order valence-electron chi connectivity index (χ2n) is 4.61. The fourth-order valence-electron chi connectivity index (χ4n) is 1.81. The molecule has 0 aliphatic rings. The van der Waals surface area contributed by atoms with E-state index in [9.17, 15) is 8.78 Å². The molecule has 6 heteroatoms. The third-order valence-electron chi connectivity index (χ3n) is 2.75. The molecular weight excluding hydrogens is 276 g/mol. The van der Waals surface area contributed by atoms with Crippen LogP contribution in [0.2, 0.25) is 0 Å². The van der Waals surface area contributed by atoms with Gasteiger partial charge in [0.2, 0.25) is 0 Å². The van der Waals surface area contributed by atoms with Crippen LogP contribution in [0.25, 0.3) is 0 Å². The monoisotopic (exact) mass is 299 g/mol. The van der Waals surface area contributed by atoms with Crippen LogP contribution in [0.15, 0.2) is 29.3 Å². The Bertz CT molecular complexity index is 435. The minimum Gasteiger partial charge on any atom is -0.435 e. The van der Waals surface area contributed by atoms with Gasteiger partial charge in [0, 0.05) is 26.7 Å². The van der Waals surface area contributed by atoms with E-state index in [-0.39, 0.29) is 5.75 Å². The lowest BCUT2D eigenvalue weighted by Crippen LogP contribution is -2.38. The Morgan fingerprint density at radius 1 is 1.29 bits per heavy atom. The van der Waals surface area contributed by atoms with E-state index in [1.807, 2.05) is 18.9 Å². The molecule has 118 valence electrons. The largest absolute Gasteiger partial charge is 0.435 e. The maximum atomic E-state index is 12.1. The summed E-state index contributed by atoms with van der Waals surface area (Å²) < 4.78 is 28.5. The van der Waals surface area contributed by atoms with Crippen LogP contribution < -0.4 is 10.1 Å². The normalized spacial score (nSPS) is 11.6. The number of hydrogen-bond acceptors (Lipinski definition) is 2. The van der Waals surface area contributed by atoms with Gasteiger partial charge in [-0.2, -0.15) is 8.78 Å². The van der Waals surface area contributed by atoms with E-state index in [0.717, 1.165) is 31.0 Å². The quantitative estimate of drug-likeness (QED) is 0.621. The third kappa shape index (κ3) is 6.42. The van der Waals surface area contributed by atoms with Gasteiger partial charge in [0.25, 0.3) is 0 Å². The van der Waals surface area contributed by atoms with Crippen molar-refractivity contribution in [2.24, 2.45) is 4.99 Å². The van der Waals surface area contributed by atoms with Crippen molar-refractivity contribution >= 4 is 5.96 Å². The van der Waals surface area contributed by atoms with Gasteiger partial charge >= 0.3 is 6.61 Å². The summed E-state index contributed by atoms with van der Waals surface area (Å²) in [5.74, 6) is 1.01. The van der Waals surface area contributed by atoms with Crippen molar-refractivity contribution in [1.82, 2.24) is 10.2 Å². The molecule has 21 heavy (non-hydrogen) atoms. The maximum Gasteiger partial charge on any atom is 0.387 e. The van der Waals surface area contributed by atoms with Gasteiger partial charge in [-0.05, 0) is 31.0 Å².